The molecule has 0 spiro atoms. The van der Waals surface area contributed by atoms with E-state index in [1.165, 1.54) is 0 Å². The van der Waals surface area contributed by atoms with E-state index >= 15 is 0 Å². The van der Waals surface area contributed by atoms with Crippen molar-refractivity contribution in [2.75, 3.05) is 19.8 Å². The Morgan fingerprint density at radius 3 is 1.43 bits per heavy atom. The van der Waals surface area contributed by atoms with E-state index in [0.29, 0.717) is 38.5 Å². The molecule has 1 atom stereocenters. The van der Waals surface area contributed by atoms with Gasteiger partial charge in [-0.25, -0.2) is 9.59 Å². The van der Waals surface area contributed by atoms with Crippen LogP contribution in [0.25, 0.3) is 0 Å². The molecule has 3 N–H and O–H groups in total. The Morgan fingerprint density at radius 2 is 1.05 bits per heavy atom. The number of hydrogen-bond acceptors (Lipinski definition) is 11. The highest BCUT2D eigenvalue weighted by Crippen LogP contribution is 2.28. The molecule has 0 rings (SSSR count). The first-order valence-corrected chi connectivity index (χ1v) is 12.2. The van der Waals surface area contributed by atoms with E-state index in [9.17, 15) is 39.0 Å². The summed E-state index contributed by atoms with van der Waals surface area (Å²) in [5.41, 5.74) is -5.68. The lowest BCUT2D eigenvalue weighted by Crippen LogP contribution is -2.50. The van der Waals surface area contributed by atoms with Crippen molar-refractivity contribution in [2.45, 2.75) is 96.2 Å². The maximum atomic E-state index is 13.1. The summed E-state index contributed by atoms with van der Waals surface area (Å²) < 4.78 is 20.4. The molecule has 13 nitrogen and oxygen atoms in total. The van der Waals surface area contributed by atoms with Crippen molar-refractivity contribution < 1.29 is 63.0 Å². The van der Waals surface area contributed by atoms with E-state index in [1.807, 2.05) is 20.8 Å². The van der Waals surface area contributed by atoms with Crippen molar-refractivity contribution in [1.82, 2.24) is 0 Å². The molecule has 0 amide bonds. The summed E-state index contributed by atoms with van der Waals surface area (Å²) >= 11 is 0. The smallest absolute Gasteiger partial charge is 0.351 e. The number of rotatable bonds is 20. The highest BCUT2D eigenvalue weighted by molar-refractivity contribution is 5.94. The van der Waals surface area contributed by atoms with Gasteiger partial charge in [-0.2, -0.15) is 0 Å². The molecular weight excluding hydrogens is 496 g/mol. The molecule has 13 heteroatoms. The quantitative estimate of drug-likeness (QED) is 0.116. The van der Waals surface area contributed by atoms with Crippen LogP contribution in [0.3, 0.4) is 0 Å². The van der Waals surface area contributed by atoms with Crippen LogP contribution >= 0.6 is 0 Å². The average Bonchev–Trinajstić information content (AvgIpc) is 2.78. The predicted octanol–water partition coefficient (Wildman–Crippen LogP) is 1.76. The third-order valence-corrected chi connectivity index (χ3v) is 5.07. The fourth-order valence-electron chi connectivity index (χ4n) is 2.95. The minimum atomic E-state index is -3.08. The van der Waals surface area contributed by atoms with Gasteiger partial charge in [0.05, 0.1) is 45.5 Å². The first-order chi connectivity index (χ1) is 17.4. The van der Waals surface area contributed by atoms with Crippen LogP contribution in [0.15, 0.2) is 0 Å². The zero-order valence-electron chi connectivity index (χ0n) is 21.6. The van der Waals surface area contributed by atoms with Crippen LogP contribution in [-0.2, 0) is 47.7 Å². The second kappa shape index (κ2) is 17.3. The standard InChI is InChI=1S/C24H38O13/c1-4-7-10-34-18(27)15-24(22(32)36-12-9-6-3,16-19(28)35-11-8-5-2)37-20(29)14-23(33,21(30)31)13-17(25)26/h33H,4-16H2,1-3H3,(H,25,26)(H,30,31). The lowest BCUT2D eigenvalue weighted by atomic mass is 9.93. The zero-order valence-corrected chi connectivity index (χ0v) is 21.6. The number of carbonyl (C=O) groups is 6. The first-order valence-electron chi connectivity index (χ1n) is 12.2. The number of carboxylic acids is 2. The number of hydrogen-bond donors (Lipinski definition) is 3. The SMILES string of the molecule is CCCCOC(=O)CC(CC(=O)OCCCC)(OC(=O)CC(O)(CC(=O)O)C(=O)O)C(=O)OCCCC. The van der Waals surface area contributed by atoms with Crippen molar-refractivity contribution in [1.29, 1.82) is 0 Å². The van der Waals surface area contributed by atoms with Gasteiger partial charge in [0, 0.05) is 0 Å². The van der Waals surface area contributed by atoms with E-state index < -0.39 is 72.7 Å². The molecule has 0 aromatic heterocycles. The predicted molar refractivity (Wildman–Crippen MR) is 125 cm³/mol. The molecule has 0 aliphatic rings. The Hall–Kier alpha value is -3.22. The van der Waals surface area contributed by atoms with E-state index in [1.54, 1.807) is 0 Å². The normalized spacial score (nSPS) is 12.6. The molecule has 0 saturated heterocycles. The number of unbranched alkanes of at least 4 members (excludes halogenated alkanes) is 3. The van der Waals surface area contributed by atoms with Gasteiger partial charge in [0.1, 0.15) is 0 Å². The Bertz CT molecular complexity index is 768. The molecule has 1 unspecified atom stereocenters. The number of carboxylic acid groups (broad SMARTS) is 2. The van der Waals surface area contributed by atoms with Gasteiger partial charge in [-0.15, -0.1) is 0 Å². The number of carbonyl (C=O) groups excluding carboxylic acids is 4. The maximum Gasteiger partial charge on any atom is 0.351 e. The third kappa shape index (κ3) is 13.1. The summed E-state index contributed by atoms with van der Waals surface area (Å²) in [6.45, 7) is 5.34. The molecule has 0 aliphatic heterocycles. The minimum absolute atomic E-state index is 0.0113. The van der Waals surface area contributed by atoms with Crippen LogP contribution in [0, 0.1) is 0 Å². The fourth-order valence-corrected chi connectivity index (χ4v) is 2.95. The third-order valence-electron chi connectivity index (χ3n) is 5.07. The Balaban J connectivity index is 6.18. The largest absolute Gasteiger partial charge is 0.481 e. The van der Waals surface area contributed by atoms with Gasteiger partial charge in [-0.1, -0.05) is 40.0 Å². The first kappa shape index (κ1) is 33.8. The molecule has 0 bridgehead atoms. The van der Waals surface area contributed by atoms with Crippen LogP contribution in [0.4, 0.5) is 0 Å². The van der Waals surface area contributed by atoms with Crippen LogP contribution < -0.4 is 0 Å². The van der Waals surface area contributed by atoms with E-state index in [0.717, 1.165) is 0 Å². The van der Waals surface area contributed by atoms with E-state index in [-0.39, 0.29) is 19.8 Å². The van der Waals surface area contributed by atoms with Gasteiger partial charge in [-0.3, -0.25) is 19.2 Å². The van der Waals surface area contributed by atoms with Gasteiger partial charge in [-0.05, 0) is 19.3 Å². The van der Waals surface area contributed by atoms with Gasteiger partial charge in [0.25, 0.3) is 0 Å². The molecule has 0 fully saturated rings. The highest BCUT2D eigenvalue weighted by atomic mass is 16.6. The number of esters is 4. The van der Waals surface area contributed by atoms with E-state index in [2.05, 4.69) is 0 Å². The Kier molecular flexibility index (Phi) is 15.8. The Labute approximate surface area is 215 Å². The zero-order chi connectivity index (χ0) is 28.5. The molecule has 212 valence electrons. The van der Waals surface area contributed by atoms with Gasteiger partial charge < -0.3 is 34.3 Å². The summed E-state index contributed by atoms with van der Waals surface area (Å²) in [6.07, 6.45) is -1.26. The molecule has 37 heavy (non-hydrogen) atoms. The molecule has 0 aromatic rings. The van der Waals surface area contributed by atoms with Crippen molar-refractivity contribution in [2.24, 2.45) is 0 Å². The van der Waals surface area contributed by atoms with Crippen LogP contribution in [-0.4, -0.2) is 82.2 Å². The summed E-state index contributed by atoms with van der Waals surface area (Å²) in [4.78, 5) is 73.4. The van der Waals surface area contributed by atoms with Crippen LogP contribution in [0.1, 0.15) is 85.0 Å². The lowest BCUT2D eigenvalue weighted by molar-refractivity contribution is -0.195. The highest BCUT2D eigenvalue weighted by Gasteiger charge is 2.51. The molecular formula is C24H38O13. The lowest BCUT2D eigenvalue weighted by Gasteiger charge is -2.31. The number of aliphatic hydroxyl groups is 1. The summed E-state index contributed by atoms with van der Waals surface area (Å²) in [5.74, 6) is -8.58. The second-order valence-corrected chi connectivity index (χ2v) is 8.54. The second-order valence-electron chi connectivity index (χ2n) is 8.54. The van der Waals surface area contributed by atoms with Crippen molar-refractivity contribution in [3.8, 4) is 0 Å². The fraction of sp³-hybridized carbons (Fsp3) is 0.750. The molecule has 0 saturated carbocycles. The van der Waals surface area contributed by atoms with E-state index in [4.69, 9.17) is 24.1 Å². The van der Waals surface area contributed by atoms with Gasteiger partial charge in [0.2, 0.25) is 5.60 Å². The van der Waals surface area contributed by atoms with Crippen molar-refractivity contribution in [3.63, 3.8) is 0 Å². The van der Waals surface area contributed by atoms with Crippen LogP contribution in [0.2, 0.25) is 0 Å². The molecule has 0 heterocycles. The van der Waals surface area contributed by atoms with Crippen molar-refractivity contribution >= 4 is 35.8 Å². The summed E-state index contributed by atoms with van der Waals surface area (Å²) in [5, 5.41) is 28.4. The van der Waals surface area contributed by atoms with Crippen LogP contribution in [0.5, 0.6) is 0 Å². The van der Waals surface area contributed by atoms with Crippen molar-refractivity contribution in [3.05, 3.63) is 0 Å². The molecule has 0 radical (unpaired) electrons. The molecule has 0 aromatic carbocycles. The topological polar surface area (TPSA) is 200 Å². The minimum Gasteiger partial charge on any atom is -0.481 e. The Morgan fingerprint density at radius 1 is 0.622 bits per heavy atom. The van der Waals surface area contributed by atoms with Gasteiger partial charge in [0.15, 0.2) is 5.60 Å². The summed E-state index contributed by atoms with van der Waals surface area (Å²) in [6, 6.07) is 0. The molecule has 0 aliphatic carbocycles. The average molecular weight is 535 g/mol. The number of aliphatic carboxylic acids is 2. The summed E-state index contributed by atoms with van der Waals surface area (Å²) in [7, 11) is 0. The van der Waals surface area contributed by atoms with Gasteiger partial charge >= 0.3 is 35.8 Å². The maximum absolute atomic E-state index is 13.1. The number of ether oxygens (including phenoxy) is 4. The monoisotopic (exact) mass is 534 g/mol.